The number of benzene rings is 2. The Morgan fingerprint density at radius 3 is 2.29 bits per heavy atom. The van der Waals surface area contributed by atoms with Crippen LogP contribution in [0.15, 0.2) is 72.9 Å². The highest BCUT2D eigenvalue weighted by Crippen LogP contribution is 2.37. The van der Waals surface area contributed by atoms with Gasteiger partial charge in [-0.05, 0) is 29.3 Å². The Bertz CT molecular complexity index is 697. The second-order valence-electron chi connectivity index (χ2n) is 4.77. The molecule has 1 N–H and O–H groups in total. The van der Waals surface area contributed by atoms with Crippen molar-refractivity contribution < 1.29 is 5.11 Å². The van der Waals surface area contributed by atoms with E-state index in [1.54, 1.807) is 18.3 Å². The lowest BCUT2D eigenvalue weighted by atomic mass is 9.87. The molecule has 0 aliphatic heterocycles. The molecule has 104 valence electrons. The average molecular weight is 296 g/mol. The van der Waals surface area contributed by atoms with Gasteiger partial charge in [-0.3, -0.25) is 4.98 Å². The van der Waals surface area contributed by atoms with Gasteiger partial charge < -0.3 is 5.11 Å². The van der Waals surface area contributed by atoms with Crippen molar-refractivity contribution in [3.63, 3.8) is 0 Å². The first kappa shape index (κ1) is 13.7. The van der Waals surface area contributed by atoms with Crippen LogP contribution in [0.2, 0.25) is 5.02 Å². The first-order chi connectivity index (χ1) is 10.3. The number of rotatable bonds is 3. The third-order valence-corrected chi connectivity index (χ3v) is 3.78. The van der Waals surface area contributed by atoms with Crippen molar-refractivity contribution in [1.29, 1.82) is 0 Å². The van der Waals surface area contributed by atoms with Crippen LogP contribution in [0.25, 0.3) is 0 Å². The highest BCUT2D eigenvalue weighted by atomic mass is 35.5. The van der Waals surface area contributed by atoms with E-state index >= 15 is 0 Å². The highest BCUT2D eigenvalue weighted by molar-refractivity contribution is 6.31. The molecular formula is C18H14ClNO. The second-order valence-corrected chi connectivity index (χ2v) is 5.18. The summed E-state index contributed by atoms with van der Waals surface area (Å²) in [5, 5.41) is 10.9. The van der Waals surface area contributed by atoms with Crippen LogP contribution in [0.1, 0.15) is 22.7 Å². The molecule has 3 aromatic rings. The zero-order valence-electron chi connectivity index (χ0n) is 11.3. The van der Waals surface area contributed by atoms with Gasteiger partial charge in [0.1, 0.15) is 5.75 Å². The van der Waals surface area contributed by atoms with Gasteiger partial charge in [0.05, 0.1) is 11.6 Å². The van der Waals surface area contributed by atoms with Crippen molar-refractivity contribution in [2.45, 2.75) is 5.92 Å². The van der Waals surface area contributed by atoms with Crippen molar-refractivity contribution in [3.05, 3.63) is 94.8 Å². The number of pyridine rings is 1. The van der Waals surface area contributed by atoms with E-state index in [1.807, 2.05) is 54.6 Å². The first-order valence-electron chi connectivity index (χ1n) is 6.70. The Hall–Kier alpha value is -2.32. The fourth-order valence-corrected chi connectivity index (χ4v) is 2.72. The second kappa shape index (κ2) is 5.98. The van der Waals surface area contributed by atoms with Gasteiger partial charge in [-0.1, -0.05) is 60.1 Å². The van der Waals surface area contributed by atoms with E-state index in [1.165, 1.54) is 0 Å². The molecule has 1 atom stereocenters. The predicted octanol–water partition coefficient (Wildman–Crippen LogP) is 4.62. The molecule has 0 aliphatic rings. The molecule has 0 radical (unpaired) electrons. The van der Waals surface area contributed by atoms with Crippen LogP contribution in [-0.4, -0.2) is 10.1 Å². The van der Waals surface area contributed by atoms with E-state index in [4.69, 9.17) is 11.6 Å². The molecule has 2 aromatic carbocycles. The number of halogens is 1. The van der Waals surface area contributed by atoms with E-state index < -0.39 is 0 Å². The van der Waals surface area contributed by atoms with E-state index in [-0.39, 0.29) is 11.7 Å². The van der Waals surface area contributed by atoms with Crippen molar-refractivity contribution in [2.24, 2.45) is 0 Å². The van der Waals surface area contributed by atoms with E-state index in [0.717, 1.165) is 11.1 Å². The maximum atomic E-state index is 10.2. The summed E-state index contributed by atoms with van der Waals surface area (Å²) in [4.78, 5) is 4.36. The minimum Gasteiger partial charge on any atom is -0.506 e. The van der Waals surface area contributed by atoms with Crippen molar-refractivity contribution in [3.8, 4) is 5.75 Å². The summed E-state index contributed by atoms with van der Waals surface area (Å²) in [5.74, 6) is -0.0210. The highest BCUT2D eigenvalue weighted by Gasteiger charge is 2.22. The number of hydrogen-bond acceptors (Lipinski definition) is 2. The summed E-state index contributed by atoms with van der Waals surface area (Å²) in [6, 6.07) is 21.0. The van der Waals surface area contributed by atoms with Crippen molar-refractivity contribution in [2.75, 3.05) is 0 Å². The van der Waals surface area contributed by atoms with Gasteiger partial charge in [0, 0.05) is 11.2 Å². The summed E-state index contributed by atoms with van der Waals surface area (Å²) in [5.41, 5.74) is 2.58. The minimum absolute atomic E-state index is 0.172. The first-order valence-corrected chi connectivity index (χ1v) is 7.08. The lowest BCUT2D eigenvalue weighted by Crippen LogP contribution is -2.06. The van der Waals surface area contributed by atoms with Gasteiger partial charge in [0.15, 0.2) is 0 Å². The summed E-state index contributed by atoms with van der Waals surface area (Å²) in [6.07, 6.45) is 1.68. The maximum absolute atomic E-state index is 10.2. The predicted molar refractivity (Wildman–Crippen MR) is 84.7 cm³/mol. The Balaban J connectivity index is 2.22. The third kappa shape index (κ3) is 2.76. The quantitative estimate of drug-likeness (QED) is 0.765. The third-order valence-electron chi connectivity index (χ3n) is 3.44. The van der Waals surface area contributed by atoms with Gasteiger partial charge in [0.25, 0.3) is 0 Å². The SMILES string of the molecule is Oc1cccnc1[C@H](c1ccccc1)c1ccccc1Cl. The van der Waals surface area contributed by atoms with Gasteiger partial charge in [0.2, 0.25) is 0 Å². The molecule has 0 spiro atoms. The summed E-state index contributed by atoms with van der Waals surface area (Å²) < 4.78 is 0. The summed E-state index contributed by atoms with van der Waals surface area (Å²) >= 11 is 6.36. The molecule has 2 nitrogen and oxygen atoms in total. The van der Waals surface area contributed by atoms with Crippen LogP contribution in [0.3, 0.4) is 0 Å². The molecule has 0 unspecified atom stereocenters. The zero-order valence-corrected chi connectivity index (χ0v) is 12.0. The Labute approximate surface area is 128 Å². The molecule has 0 saturated carbocycles. The summed E-state index contributed by atoms with van der Waals surface area (Å²) in [7, 11) is 0. The molecule has 1 heterocycles. The normalized spacial score (nSPS) is 12.0. The summed E-state index contributed by atoms with van der Waals surface area (Å²) in [6.45, 7) is 0. The smallest absolute Gasteiger partial charge is 0.138 e. The lowest BCUT2D eigenvalue weighted by molar-refractivity contribution is 0.463. The number of nitrogens with zero attached hydrogens (tertiary/aromatic N) is 1. The number of hydrogen-bond donors (Lipinski definition) is 1. The maximum Gasteiger partial charge on any atom is 0.138 e. The topological polar surface area (TPSA) is 33.1 Å². The van der Waals surface area contributed by atoms with Crippen LogP contribution >= 0.6 is 11.6 Å². The van der Waals surface area contributed by atoms with Crippen molar-refractivity contribution in [1.82, 2.24) is 4.98 Å². The van der Waals surface area contributed by atoms with Crippen LogP contribution in [0, 0.1) is 0 Å². The molecular weight excluding hydrogens is 282 g/mol. The number of aromatic nitrogens is 1. The lowest BCUT2D eigenvalue weighted by Gasteiger charge is -2.19. The van der Waals surface area contributed by atoms with Gasteiger partial charge in [-0.15, -0.1) is 0 Å². The zero-order chi connectivity index (χ0) is 14.7. The van der Waals surface area contributed by atoms with Gasteiger partial charge in [-0.2, -0.15) is 0 Å². The Kier molecular flexibility index (Phi) is 3.89. The van der Waals surface area contributed by atoms with E-state index in [2.05, 4.69) is 4.98 Å². The Morgan fingerprint density at radius 1 is 0.857 bits per heavy atom. The Morgan fingerprint density at radius 2 is 1.57 bits per heavy atom. The van der Waals surface area contributed by atoms with Crippen LogP contribution in [0.5, 0.6) is 5.75 Å². The molecule has 0 bridgehead atoms. The van der Waals surface area contributed by atoms with Gasteiger partial charge >= 0.3 is 0 Å². The molecule has 3 heteroatoms. The number of aromatic hydroxyl groups is 1. The average Bonchev–Trinajstić information content (AvgIpc) is 2.52. The minimum atomic E-state index is -0.193. The molecule has 1 aromatic heterocycles. The fourth-order valence-electron chi connectivity index (χ4n) is 2.47. The standard InChI is InChI=1S/C18H14ClNO/c19-15-10-5-4-9-14(15)17(13-7-2-1-3-8-13)18-16(21)11-6-12-20-18/h1-12,17,21H/t17-/m1/s1. The van der Waals surface area contributed by atoms with Gasteiger partial charge in [-0.25, -0.2) is 0 Å². The van der Waals surface area contributed by atoms with Crippen LogP contribution in [-0.2, 0) is 0 Å². The van der Waals surface area contributed by atoms with Crippen LogP contribution < -0.4 is 0 Å². The largest absolute Gasteiger partial charge is 0.506 e. The monoisotopic (exact) mass is 295 g/mol. The molecule has 0 amide bonds. The fraction of sp³-hybridized carbons (Fsp3) is 0.0556. The molecule has 3 rings (SSSR count). The van der Waals surface area contributed by atoms with Crippen LogP contribution in [0.4, 0.5) is 0 Å². The molecule has 0 saturated heterocycles. The van der Waals surface area contributed by atoms with Crippen molar-refractivity contribution >= 4 is 11.6 Å². The molecule has 0 fully saturated rings. The van der Waals surface area contributed by atoms with E-state index in [9.17, 15) is 5.11 Å². The molecule has 21 heavy (non-hydrogen) atoms. The van der Waals surface area contributed by atoms with E-state index in [0.29, 0.717) is 10.7 Å². The molecule has 0 aliphatic carbocycles.